The summed E-state index contributed by atoms with van der Waals surface area (Å²) >= 11 is 0. The third-order valence-corrected chi connectivity index (χ3v) is 2.44. The van der Waals surface area contributed by atoms with Gasteiger partial charge in [0.1, 0.15) is 0 Å². The number of carbonyl (C=O) groups excluding carboxylic acids is 1. The van der Waals surface area contributed by atoms with Crippen molar-refractivity contribution in [1.29, 1.82) is 0 Å². The Kier molecular flexibility index (Phi) is 5.65. The molecule has 0 unspecified atom stereocenters. The van der Waals surface area contributed by atoms with Crippen molar-refractivity contribution in [3.8, 4) is 0 Å². The SMILES string of the molecule is CC(C)OCCNC(=O)CN1CCCC1. The Labute approximate surface area is 92.0 Å². The zero-order chi connectivity index (χ0) is 11.1. The second-order valence-corrected chi connectivity index (χ2v) is 4.25. The third-order valence-electron chi connectivity index (χ3n) is 2.44. The summed E-state index contributed by atoms with van der Waals surface area (Å²) in [6, 6.07) is 0. The van der Waals surface area contributed by atoms with Crippen molar-refractivity contribution < 1.29 is 9.53 Å². The largest absolute Gasteiger partial charge is 0.377 e. The topological polar surface area (TPSA) is 41.6 Å². The minimum absolute atomic E-state index is 0.115. The van der Waals surface area contributed by atoms with Crippen LogP contribution in [0, 0.1) is 0 Å². The van der Waals surface area contributed by atoms with E-state index in [0.29, 0.717) is 19.7 Å². The van der Waals surface area contributed by atoms with Gasteiger partial charge in [-0.1, -0.05) is 0 Å². The van der Waals surface area contributed by atoms with Gasteiger partial charge in [-0.25, -0.2) is 0 Å². The molecule has 1 aliphatic rings. The number of hydrogen-bond acceptors (Lipinski definition) is 3. The molecule has 0 aromatic heterocycles. The minimum atomic E-state index is 0.115. The van der Waals surface area contributed by atoms with Gasteiger partial charge < -0.3 is 10.1 Å². The van der Waals surface area contributed by atoms with Crippen LogP contribution in [0.1, 0.15) is 26.7 Å². The maximum absolute atomic E-state index is 11.4. The Morgan fingerprint density at radius 2 is 2.07 bits per heavy atom. The molecule has 0 aromatic carbocycles. The molecule has 0 radical (unpaired) electrons. The van der Waals surface area contributed by atoms with E-state index in [4.69, 9.17) is 4.74 Å². The quantitative estimate of drug-likeness (QED) is 0.659. The highest BCUT2D eigenvalue weighted by molar-refractivity contribution is 5.78. The van der Waals surface area contributed by atoms with E-state index in [2.05, 4.69) is 10.2 Å². The van der Waals surface area contributed by atoms with Crippen LogP contribution in [0.15, 0.2) is 0 Å². The fraction of sp³-hybridized carbons (Fsp3) is 0.909. The van der Waals surface area contributed by atoms with Crippen LogP contribution in [0.25, 0.3) is 0 Å². The molecule has 0 aromatic rings. The number of likely N-dealkylation sites (tertiary alicyclic amines) is 1. The molecule has 1 fully saturated rings. The number of amides is 1. The van der Waals surface area contributed by atoms with Crippen molar-refractivity contribution in [1.82, 2.24) is 10.2 Å². The smallest absolute Gasteiger partial charge is 0.234 e. The van der Waals surface area contributed by atoms with Crippen molar-refractivity contribution in [3.63, 3.8) is 0 Å². The van der Waals surface area contributed by atoms with Crippen LogP contribution in [0.5, 0.6) is 0 Å². The zero-order valence-electron chi connectivity index (χ0n) is 9.79. The second kappa shape index (κ2) is 6.80. The molecular weight excluding hydrogens is 192 g/mol. The van der Waals surface area contributed by atoms with Gasteiger partial charge in [0.05, 0.1) is 19.3 Å². The van der Waals surface area contributed by atoms with Gasteiger partial charge in [0.2, 0.25) is 5.91 Å². The van der Waals surface area contributed by atoms with Gasteiger partial charge in [-0.2, -0.15) is 0 Å². The summed E-state index contributed by atoms with van der Waals surface area (Å²) in [4.78, 5) is 13.6. The average molecular weight is 214 g/mol. The molecule has 0 bridgehead atoms. The minimum Gasteiger partial charge on any atom is -0.377 e. The monoisotopic (exact) mass is 214 g/mol. The number of nitrogens with zero attached hydrogens (tertiary/aromatic N) is 1. The predicted octanol–water partition coefficient (Wildman–Crippen LogP) is 0.623. The molecule has 1 amide bonds. The molecular formula is C11H22N2O2. The first kappa shape index (κ1) is 12.5. The van der Waals surface area contributed by atoms with E-state index in [1.54, 1.807) is 0 Å². The van der Waals surface area contributed by atoms with Crippen LogP contribution in [-0.2, 0) is 9.53 Å². The molecule has 1 N–H and O–H groups in total. The van der Waals surface area contributed by atoms with Crippen molar-refractivity contribution >= 4 is 5.91 Å². The third kappa shape index (κ3) is 5.74. The molecule has 4 heteroatoms. The molecule has 1 heterocycles. The summed E-state index contributed by atoms with van der Waals surface area (Å²) in [5.74, 6) is 0.115. The van der Waals surface area contributed by atoms with E-state index in [0.717, 1.165) is 13.1 Å². The Balaban J connectivity index is 1.98. The molecule has 0 aliphatic carbocycles. The fourth-order valence-electron chi connectivity index (χ4n) is 1.68. The summed E-state index contributed by atoms with van der Waals surface area (Å²) in [5, 5.41) is 2.86. The van der Waals surface area contributed by atoms with Gasteiger partial charge >= 0.3 is 0 Å². The number of hydrogen-bond donors (Lipinski definition) is 1. The first-order chi connectivity index (χ1) is 7.18. The Bertz CT molecular complexity index is 189. The van der Waals surface area contributed by atoms with Gasteiger partial charge in [0.25, 0.3) is 0 Å². The first-order valence-corrected chi connectivity index (χ1v) is 5.79. The van der Waals surface area contributed by atoms with E-state index in [9.17, 15) is 4.79 Å². The molecule has 0 atom stereocenters. The van der Waals surface area contributed by atoms with Gasteiger partial charge in [-0.05, 0) is 39.8 Å². The van der Waals surface area contributed by atoms with E-state index in [1.165, 1.54) is 12.8 Å². The van der Waals surface area contributed by atoms with Gasteiger partial charge in [-0.3, -0.25) is 9.69 Å². The predicted molar refractivity (Wildman–Crippen MR) is 59.8 cm³/mol. The molecule has 15 heavy (non-hydrogen) atoms. The summed E-state index contributed by atoms with van der Waals surface area (Å²) < 4.78 is 5.33. The van der Waals surface area contributed by atoms with E-state index >= 15 is 0 Å². The molecule has 0 spiro atoms. The van der Waals surface area contributed by atoms with Gasteiger partial charge in [0.15, 0.2) is 0 Å². The van der Waals surface area contributed by atoms with Crippen LogP contribution < -0.4 is 5.32 Å². The van der Waals surface area contributed by atoms with E-state index in [-0.39, 0.29) is 12.0 Å². The molecule has 0 saturated carbocycles. The lowest BCUT2D eigenvalue weighted by Gasteiger charge is -2.14. The van der Waals surface area contributed by atoms with Gasteiger partial charge in [-0.15, -0.1) is 0 Å². The van der Waals surface area contributed by atoms with E-state index in [1.807, 2.05) is 13.8 Å². The summed E-state index contributed by atoms with van der Waals surface area (Å²) in [6.07, 6.45) is 2.69. The van der Waals surface area contributed by atoms with Crippen LogP contribution >= 0.6 is 0 Å². The second-order valence-electron chi connectivity index (χ2n) is 4.25. The van der Waals surface area contributed by atoms with Crippen LogP contribution in [0.2, 0.25) is 0 Å². The number of rotatable bonds is 6. The number of ether oxygens (including phenoxy) is 1. The lowest BCUT2D eigenvalue weighted by molar-refractivity contribution is -0.122. The molecule has 1 saturated heterocycles. The summed E-state index contributed by atoms with van der Waals surface area (Å²) in [5.41, 5.74) is 0. The van der Waals surface area contributed by atoms with Crippen molar-refractivity contribution in [3.05, 3.63) is 0 Å². The van der Waals surface area contributed by atoms with Crippen LogP contribution in [0.4, 0.5) is 0 Å². The highest BCUT2D eigenvalue weighted by atomic mass is 16.5. The average Bonchev–Trinajstić information content (AvgIpc) is 2.64. The normalized spacial score (nSPS) is 17.3. The number of nitrogens with one attached hydrogen (secondary N) is 1. The standard InChI is InChI=1S/C11H22N2O2/c1-10(2)15-8-5-12-11(14)9-13-6-3-4-7-13/h10H,3-9H2,1-2H3,(H,12,14). The molecule has 88 valence electrons. The lowest BCUT2D eigenvalue weighted by atomic mass is 10.4. The highest BCUT2D eigenvalue weighted by Gasteiger charge is 2.14. The molecule has 1 rings (SSSR count). The van der Waals surface area contributed by atoms with E-state index < -0.39 is 0 Å². The van der Waals surface area contributed by atoms with Crippen molar-refractivity contribution in [2.24, 2.45) is 0 Å². The Morgan fingerprint density at radius 3 is 2.67 bits per heavy atom. The summed E-state index contributed by atoms with van der Waals surface area (Å²) in [6.45, 7) is 7.87. The zero-order valence-corrected chi connectivity index (χ0v) is 9.79. The first-order valence-electron chi connectivity index (χ1n) is 5.79. The maximum Gasteiger partial charge on any atom is 0.234 e. The van der Waals surface area contributed by atoms with Crippen molar-refractivity contribution in [2.45, 2.75) is 32.8 Å². The lowest BCUT2D eigenvalue weighted by Crippen LogP contribution is -2.37. The molecule has 1 aliphatic heterocycles. The Morgan fingerprint density at radius 1 is 1.40 bits per heavy atom. The summed E-state index contributed by atoms with van der Waals surface area (Å²) in [7, 11) is 0. The van der Waals surface area contributed by atoms with Gasteiger partial charge in [0, 0.05) is 6.54 Å². The molecule has 4 nitrogen and oxygen atoms in total. The number of carbonyl (C=O) groups is 1. The Hall–Kier alpha value is -0.610. The fourth-order valence-corrected chi connectivity index (χ4v) is 1.68. The maximum atomic E-state index is 11.4. The van der Waals surface area contributed by atoms with Crippen LogP contribution in [0.3, 0.4) is 0 Å². The van der Waals surface area contributed by atoms with Crippen molar-refractivity contribution in [2.75, 3.05) is 32.8 Å². The van der Waals surface area contributed by atoms with Crippen LogP contribution in [-0.4, -0.2) is 49.7 Å². The highest BCUT2D eigenvalue weighted by Crippen LogP contribution is 2.05.